The molecule has 0 aliphatic carbocycles. The molecule has 1 aliphatic heterocycles. The van der Waals surface area contributed by atoms with Gasteiger partial charge < -0.3 is 19.5 Å². The molecular weight excluding hydrogens is 394 g/mol. The summed E-state index contributed by atoms with van der Waals surface area (Å²) in [6, 6.07) is 6.18. The maximum Gasteiger partial charge on any atom is 0.328 e. The van der Waals surface area contributed by atoms with Crippen LogP contribution in [-0.2, 0) is 25.5 Å². The highest BCUT2D eigenvalue weighted by atomic mass is 35.5. The third kappa shape index (κ3) is 4.96. The number of benzene rings is 1. The number of amides is 1. The van der Waals surface area contributed by atoms with Crippen molar-refractivity contribution in [3.63, 3.8) is 0 Å². The first kappa shape index (κ1) is 22.9. The van der Waals surface area contributed by atoms with E-state index < -0.39 is 24.3 Å². The van der Waals surface area contributed by atoms with Crippen molar-refractivity contribution in [1.29, 1.82) is 0 Å². The molecule has 1 unspecified atom stereocenters. The Balaban J connectivity index is 2.52. The van der Waals surface area contributed by atoms with Gasteiger partial charge in [-0.25, -0.2) is 4.79 Å². The van der Waals surface area contributed by atoms with Crippen LogP contribution in [0, 0.1) is 0 Å². The average molecular weight is 420 g/mol. The lowest BCUT2D eigenvalue weighted by Crippen LogP contribution is -2.52. The second kappa shape index (κ2) is 10.4. The van der Waals surface area contributed by atoms with Crippen LogP contribution < -0.4 is 0 Å². The van der Waals surface area contributed by atoms with Crippen molar-refractivity contribution in [2.75, 3.05) is 20.1 Å². The smallest absolute Gasteiger partial charge is 0.328 e. The van der Waals surface area contributed by atoms with Crippen LogP contribution in [0.2, 0.25) is 0 Å². The van der Waals surface area contributed by atoms with Crippen LogP contribution in [0.25, 0.3) is 0 Å². The normalized spacial score (nSPS) is 20.3. The van der Waals surface area contributed by atoms with E-state index >= 15 is 0 Å². The molecular formula is C22H26ClNO5. The molecule has 0 aromatic heterocycles. The second-order valence-electron chi connectivity index (χ2n) is 6.56. The summed E-state index contributed by atoms with van der Waals surface area (Å²) in [4.78, 5) is 26.6. The van der Waals surface area contributed by atoms with E-state index in [4.69, 9.17) is 21.1 Å². The van der Waals surface area contributed by atoms with E-state index in [0.717, 1.165) is 11.1 Å². The quantitative estimate of drug-likeness (QED) is 0.318. The molecule has 0 fully saturated rings. The first-order chi connectivity index (χ1) is 13.9. The number of alkyl halides is 1. The third-order valence-corrected chi connectivity index (χ3v) is 5.16. The summed E-state index contributed by atoms with van der Waals surface area (Å²) in [6.07, 6.45) is 4.34. The number of allylic oxidation sites excluding steroid dienone is 1. The zero-order valence-electron chi connectivity index (χ0n) is 16.8. The van der Waals surface area contributed by atoms with Gasteiger partial charge in [-0.1, -0.05) is 49.1 Å². The minimum absolute atomic E-state index is 0.272. The molecule has 0 spiro atoms. The van der Waals surface area contributed by atoms with Gasteiger partial charge in [0.15, 0.2) is 6.29 Å². The Hall–Kier alpha value is -2.41. The largest absolute Gasteiger partial charge is 0.467 e. The molecule has 1 aliphatic rings. The molecule has 1 N–H and O–H groups in total. The number of carbonyl (C=O) groups is 2. The predicted octanol–water partition coefficient (Wildman–Crippen LogP) is 2.92. The van der Waals surface area contributed by atoms with Crippen LogP contribution in [0.3, 0.4) is 0 Å². The Bertz CT molecular complexity index is 832. The summed E-state index contributed by atoms with van der Waals surface area (Å²) in [7, 11) is 2.69. The Labute approximate surface area is 176 Å². The summed E-state index contributed by atoms with van der Waals surface area (Å²) >= 11 is 5.86. The number of halogens is 1. The van der Waals surface area contributed by atoms with Crippen molar-refractivity contribution in [2.45, 2.75) is 31.7 Å². The standard InChI is InChI=1S/C22H26ClNO5/c1-5-15(21(26)28-3)11-10-14(2)20-17-9-7-6-8-16(17)12-18(22(27)29-4)24(20)19(25)13-23/h5-11,18,20-21,26H,2,12-13H2,1,3-4H3/b11-10-,15-5+/t18-,20+,21?/m1/s1. The van der Waals surface area contributed by atoms with Gasteiger partial charge in [-0.15, -0.1) is 11.6 Å². The minimum atomic E-state index is -1.08. The van der Waals surface area contributed by atoms with E-state index in [1.807, 2.05) is 24.3 Å². The summed E-state index contributed by atoms with van der Waals surface area (Å²) in [6.45, 7) is 5.90. The van der Waals surface area contributed by atoms with Gasteiger partial charge in [0.1, 0.15) is 11.9 Å². The van der Waals surface area contributed by atoms with E-state index in [0.29, 0.717) is 17.6 Å². The third-order valence-electron chi connectivity index (χ3n) is 4.94. The summed E-state index contributed by atoms with van der Waals surface area (Å²) in [5, 5.41) is 9.91. The van der Waals surface area contributed by atoms with Gasteiger partial charge in [0.05, 0.1) is 13.2 Å². The van der Waals surface area contributed by atoms with Crippen LogP contribution >= 0.6 is 11.6 Å². The molecule has 2 rings (SSSR count). The van der Waals surface area contributed by atoms with Gasteiger partial charge in [0.2, 0.25) is 5.91 Å². The van der Waals surface area contributed by atoms with Crippen molar-refractivity contribution in [3.05, 3.63) is 71.3 Å². The van der Waals surface area contributed by atoms with Gasteiger partial charge in [-0.05, 0) is 23.6 Å². The molecule has 7 heteroatoms. The summed E-state index contributed by atoms with van der Waals surface area (Å²) in [5.74, 6) is -1.17. The SMILES string of the molecule is C=C(/C=C\C(=C/C)C(O)OC)[C@H]1c2ccccc2C[C@H](C(=O)OC)N1C(=O)CCl. The fourth-order valence-electron chi connectivity index (χ4n) is 3.47. The molecule has 1 aromatic carbocycles. The van der Waals surface area contributed by atoms with Gasteiger partial charge in [0, 0.05) is 19.1 Å². The number of hydrogen-bond donors (Lipinski definition) is 1. The van der Waals surface area contributed by atoms with Crippen molar-refractivity contribution in [3.8, 4) is 0 Å². The predicted molar refractivity (Wildman–Crippen MR) is 111 cm³/mol. The number of fused-ring (bicyclic) bond motifs is 1. The van der Waals surface area contributed by atoms with Crippen LogP contribution in [-0.4, -0.2) is 54.3 Å². The lowest BCUT2D eigenvalue weighted by atomic mass is 9.84. The highest BCUT2D eigenvalue weighted by Crippen LogP contribution is 2.38. The Morgan fingerprint density at radius 1 is 1.34 bits per heavy atom. The highest BCUT2D eigenvalue weighted by molar-refractivity contribution is 6.27. The molecule has 29 heavy (non-hydrogen) atoms. The Morgan fingerprint density at radius 2 is 2.03 bits per heavy atom. The molecule has 0 saturated heterocycles. The molecule has 156 valence electrons. The van der Waals surface area contributed by atoms with Crippen LogP contribution in [0.1, 0.15) is 24.1 Å². The first-order valence-electron chi connectivity index (χ1n) is 9.16. The van der Waals surface area contributed by atoms with Gasteiger partial charge in [-0.2, -0.15) is 0 Å². The average Bonchev–Trinajstić information content (AvgIpc) is 2.76. The van der Waals surface area contributed by atoms with E-state index in [9.17, 15) is 14.7 Å². The number of esters is 1. The maximum absolute atomic E-state index is 12.7. The van der Waals surface area contributed by atoms with Crippen LogP contribution in [0.4, 0.5) is 0 Å². The van der Waals surface area contributed by atoms with Gasteiger partial charge in [-0.3, -0.25) is 4.79 Å². The molecule has 1 aromatic rings. The summed E-state index contributed by atoms with van der Waals surface area (Å²) in [5.41, 5.74) is 2.91. The van der Waals surface area contributed by atoms with E-state index in [1.165, 1.54) is 19.1 Å². The zero-order valence-corrected chi connectivity index (χ0v) is 17.6. The number of hydrogen-bond acceptors (Lipinski definition) is 5. The molecule has 0 saturated carbocycles. The zero-order chi connectivity index (χ0) is 21.6. The molecule has 3 atom stereocenters. The van der Waals surface area contributed by atoms with Crippen LogP contribution in [0.15, 0.2) is 60.2 Å². The van der Waals surface area contributed by atoms with E-state index in [2.05, 4.69) is 6.58 Å². The van der Waals surface area contributed by atoms with Gasteiger partial charge in [0.25, 0.3) is 0 Å². The highest BCUT2D eigenvalue weighted by Gasteiger charge is 2.41. The van der Waals surface area contributed by atoms with E-state index in [-0.39, 0.29) is 11.8 Å². The molecule has 0 radical (unpaired) electrons. The number of rotatable bonds is 7. The van der Waals surface area contributed by atoms with Gasteiger partial charge >= 0.3 is 5.97 Å². The van der Waals surface area contributed by atoms with E-state index in [1.54, 1.807) is 25.2 Å². The molecule has 1 amide bonds. The topological polar surface area (TPSA) is 76.1 Å². The lowest BCUT2D eigenvalue weighted by Gasteiger charge is -2.42. The number of carbonyl (C=O) groups excluding carboxylic acids is 2. The molecule has 0 bridgehead atoms. The van der Waals surface area contributed by atoms with Crippen molar-refractivity contribution >= 4 is 23.5 Å². The fraction of sp³-hybridized carbons (Fsp3) is 0.364. The first-order valence-corrected chi connectivity index (χ1v) is 9.69. The Morgan fingerprint density at radius 3 is 2.62 bits per heavy atom. The van der Waals surface area contributed by atoms with Crippen LogP contribution in [0.5, 0.6) is 0 Å². The number of ether oxygens (including phenoxy) is 2. The fourth-order valence-corrected chi connectivity index (χ4v) is 3.61. The Kier molecular flexibility index (Phi) is 8.20. The van der Waals surface area contributed by atoms with Crippen molar-refractivity contribution in [1.82, 2.24) is 4.90 Å². The monoisotopic (exact) mass is 419 g/mol. The number of nitrogens with zero attached hydrogens (tertiary/aromatic N) is 1. The summed E-state index contributed by atoms with van der Waals surface area (Å²) < 4.78 is 9.88. The molecule has 1 heterocycles. The minimum Gasteiger partial charge on any atom is -0.467 e. The van der Waals surface area contributed by atoms with Crippen molar-refractivity contribution < 1.29 is 24.2 Å². The number of methoxy groups -OCH3 is 2. The second-order valence-corrected chi connectivity index (χ2v) is 6.83. The van der Waals surface area contributed by atoms with Crippen molar-refractivity contribution in [2.24, 2.45) is 0 Å². The maximum atomic E-state index is 12.7. The molecule has 6 nitrogen and oxygen atoms in total. The number of aliphatic hydroxyl groups is 1. The lowest BCUT2D eigenvalue weighted by molar-refractivity contribution is -0.154. The number of aliphatic hydroxyl groups excluding tert-OH is 1.